The van der Waals surface area contributed by atoms with Gasteiger partial charge in [-0.15, -0.1) is 11.3 Å². The van der Waals surface area contributed by atoms with E-state index in [0.717, 1.165) is 25.5 Å². The Hall–Kier alpha value is -1.81. The number of nitrogens with zero attached hydrogens (tertiary/aromatic N) is 2. The summed E-state index contributed by atoms with van der Waals surface area (Å²) < 4.78 is 0. The number of hydrogen-bond acceptors (Lipinski definition) is 2. The first kappa shape index (κ1) is 15.6. The first-order chi connectivity index (χ1) is 10.2. The first-order valence-electron chi connectivity index (χ1n) is 7.19. The van der Waals surface area contributed by atoms with Crippen LogP contribution in [0.15, 0.2) is 46.8 Å². The maximum absolute atomic E-state index is 4.37. The molecular weight excluding hydrogens is 278 g/mol. The number of likely N-dealkylation sites (N-methyl/N-ethyl adjacent to an activating group) is 1. The Morgan fingerprint density at radius 2 is 2.05 bits per heavy atom. The second kappa shape index (κ2) is 7.84. The average molecular weight is 301 g/mol. The molecule has 2 rings (SSSR count). The molecule has 1 aromatic carbocycles. The van der Waals surface area contributed by atoms with Gasteiger partial charge < -0.3 is 10.2 Å². The number of aryl methyl sites for hydroxylation is 1. The molecule has 2 aromatic rings. The van der Waals surface area contributed by atoms with Crippen molar-refractivity contribution in [2.45, 2.75) is 19.9 Å². The van der Waals surface area contributed by atoms with E-state index in [-0.39, 0.29) is 0 Å². The van der Waals surface area contributed by atoms with Gasteiger partial charge in [-0.2, -0.15) is 0 Å². The molecule has 112 valence electrons. The van der Waals surface area contributed by atoms with E-state index in [4.69, 9.17) is 0 Å². The third-order valence-corrected chi connectivity index (χ3v) is 4.48. The lowest BCUT2D eigenvalue weighted by Crippen LogP contribution is -2.39. The van der Waals surface area contributed by atoms with Gasteiger partial charge in [-0.25, -0.2) is 0 Å². The molecule has 0 bridgehead atoms. The molecule has 0 unspecified atom stereocenters. The number of aliphatic imine (C=N–C) groups is 1. The van der Waals surface area contributed by atoms with Gasteiger partial charge in [0.05, 0.1) is 0 Å². The van der Waals surface area contributed by atoms with E-state index in [1.807, 2.05) is 18.4 Å². The van der Waals surface area contributed by atoms with Crippen LogP contribution in [0, 0.1) is 6.92 Å². The predicted molar refractivity (Wildman–Crippen MR) is 92.0 cm³/mol. The van der Waals surface area contributed by atoms with Crippen molar-refractivity contribution in [1.29, 1.82) is 0 Å². The van der Waals surface area contributed by atoms with Crippen molar-refractivity contribution in [3.63, 3.8) is 0 Å². The van der Waals surface area contributed by atoms with Crippen molar-refractivity contribution in [3.05, 3.63) is 57.8 Å². The zero-order chi connectivity index (χ0) is 15.1. The quantitative estimate of drug-likeness (QED) is 0.678. The second-order valence-corrected chi connectivity index (χ2v) is 6.11. The molecule has 0 spiro atoms. The van der Waals surface area contributed by atoms with Gasteiger partial charge in [0.1, 0.15) is 0 Å². The molecule has 0 aliphatic rings. The molecule has 1 aromatic heterocycles. The fourth-order valence-corrected chi connectivity index (χ4v) is 2.90. The third-order valence-electron chi connectivity index (χ3n) is 3.55. The van der Waals surface area contributed by atoms with Crippen LogP contribution in [0.25, 0.3) is 0 Å². The van der Waals surface area contributed by atoms with E-state index < -0.39 is 0 Å². The minimum atomic E-state index is 0.808. The zero-order valence-electron chi connectivity index (χ0n) is 13.0. The minimum absolute atomic E-state index is 0.808. The van der Waals surface area contributed by atoms with Gasteiger partial charge in [0.2, 0.25) is 0 Å². The number of thiophene rings is 1. The molecule has 0 aliphatic carbocycles. The zero-order valence-corrected chi connectivity index (χ0v) is 13.8. The largest absolute Gasteiger partial charge is 0.352 e. The maximum Gasteiger partial charge on any atom is 0.193 e. The molecule has 0 amide bonds. The highest BCUT2D eigenvalue weighted by molar-refractivity contribution is 7.09. The lowest BCUT2D eigenvalue weighted by molar-refractivity contribution is 0.486. The molecule has 3 nitrogen and oxygen atoms in total. The lowest BCUT2D eigenvalue weighted by Gasteiger charge is -2.22. The summed E-state index contributed by atoms with van der Waals surface area (Å²) in [4.78, 5) is 7.96. The Kier molecular flexibility index (Phi) is 5.81. The van der Waals surface area contributed by atoms with Crippen molar-refractivity contribution >= 4 is 17.3 Å². The summed E-state index contributed by atoms with van der Waals surface area (Å²) in [5.41, 5.74) is 2.62. The molecule has 4 heteroatoms. The number of guanidine groups is 1. The van der Waals surface area contributed by atoms with Crippen LogP contribution in [-0.4, -0.2) is 31.5 Å². The molecule has 0 saturated heterocycles. The topological polar surface area (TPSA) is 27.6 Å². The van der Waals surface area contributed by atoms with E-state index in [9.17, 15) is 0 Å². The van der Waals surface area contributed by atoms with Crippen molar-refractivity contribution in [1.82, 2.24) is 10.2 Å². The molecule has 0 fully saturated rings. The van der Waals surface area contributed by atoms with Crippen LogP contribution < -0.4 is 5.32 Å². The summed E-state index contributed by atoms with van der Waals surface area (Å²) in [6.07, 6.45) is 1.05. The van der Waals surface area contributed by atoms with Gasteiger partial charge in [-0.05, 0) is 35.9 Å². The van der Waals surface area contributed by atoms with Crippen molar-refractivity contribution in [2.24, 2.45) is 4.99 Å². The Balaban J connectivity index is 1.86. The highest BCUT2D eigenvalue weighted by Gasteiger charge is 2.06. The highest BCUT2D eigenvalue weighted by atomic mass is 32.1. The van der Waals surface area contributed by atoms with Gasteiger partial charge in [0.15, 0.2) is 5.96 Å². The smallest absolute Gasteiger partial charge is 0.193 e. The summed E-state index contributed by atoms with van der Waals surface area (Å²) in [6, 6.07) is 12.7. The Labute approximate surface area is 131 Å². The average Bonchev–Trinajstić information content (AvgIpc) is 3.01. The number of hydrogen-bond donors (Lipinski definition) is 1. The second-order valence-electron chi connectivity index (χ2n) is 5.08. The van der Waals surface area contributed by atoms with E-state index >= 15 is 0 Å². The summed E-state index contributed by atoms with van der Waals surface area (Å²) in [6.45, 7) is 3.91. The molecule has 0 radical (unpaired) electrons. The number of nitrogens with one attached hydrogen (secondary N) is 1. The number of benzene rings is 1. The van der Waals surface area contributed by atoms with Gasteiger partial charge in [0, 0.05) is 32.1 Å². The van der Waals surface area contributed by atoms with Gasteiger partial charge in [-0.3, -0.25) is 4.99 Å². The monoisotopic (exact) mass is 301 g/mol. The normalized spacial score (nSPS) is 11.5. The molecular formula is C17H23N3S. The maximum atomic E-state index is 4.37. The van der Waals surface area contributed by atoms with Crippen LogP contribution in [0.1, 0.15) is 16.0 Å². The minimum Gasteiger partial charge on any atom is -0.352 e. The van der Waals surface area contributed by atoms with Crippen molar-refractivity contribution < 1.29 is 0 Å². The van der Waals surface area contributed by atoms with E-state index in [1.165, 1.54) is 16.0 Å². The fourth-order valence-electron chi connectivity index (χ4n) is 2.21. The summed E-state index contributed by atoms with van der Waals surface area (Å²) >= 11 is 1.81. The molecule has 1 heterocycles. The molecule has 0 saturated carbocycles. The Morgan fingerprint density at radius 1 is 1.24 bits per heavy atom. The van der Waals surface area contributed by atoms with Crippen LogP contribution >= 0.6 is 11.3 Å². The third kappa shape index (κ3) is 4.60. The standard InChI is InChI=1S/C17H23N3S/c1-14-7-4-5-8-15(14)13-19-17(18-2)20(3)11-10-16-9-6-12-21-16/h4-9,12H,10-11,13H2,1-3H3,(H,18,19). The summed E-state index contributed by atoms with van der Waals surface area (Å²) in [7, 11) is 3.92. The molecule has 0 aliphatic heterocycles. The Bertz CT molecular complexity index is 575. The molecule has 1 N–H and O–H groups in total. The van der Waals surface area contributed by atoms with Crippen molar-refractivity contribution in [3.8, 4) is 0 Å². The van der Waals surface area contributed by atoms with Gasteiger partial charge >= 0.3 is 0 Å². The summed E-state index contributed by atoms with van der Waals surface area (Å²) in [5.74, 6) is 0.940. The molecule has 21 heavy (non-hydrogen) atoms. The van der Waals surface area contributed by atoms with E-state index in [1.54, 1.807) is 0 Å². The summed E-state index contributed by atoms with van der Waals surface area (Å²) in [5, 5.41) is 5.56. The SMILES string of the molecule is CN=C(NCc1ccccc1C)N(C)CCc1cccs1. The molecule has 0 atom stereocenters. The highest BCUT2D eigenvalue weighted by Crippen LogP contribution is 2.10. The van der Waals surface area contributed by atoms with Crippen molar-refractivity contribution in [2.75, 3.05) is 20.6 Å². The fraction of sp³-hybridized carbons (Fsp3) is 0.353. The van der Waals surface area contributed by atoms with Crippen LogP contribution in [0.3, 0.4) is 0 Å². The van der Waals surface area contributed by atoms with Crippen LogP contribution in [0.2, 0.25) is 0 Å². The van der Waals surface area contributed by atoms with Crippen LogP contribution in [0.5, 0.6) is 0 Å². The van der Waals surface area contributed by atoms with E-state index in [0.29, 0.717) is 0 Å². The Morgan fingerprint density at radius 3 is 2.71 bits per heavy atom. The van der Waals surface area contributed by atoms with Gasteiger partial charge in [0.25, 0.3) is 0 Å². The van der Waals surface area contributed by atoms with Crippen LogP contribution in [-0.2, 0) is 13.0 Å². The lowest BCUT2D eigenvalue weighted by atomic mass is 10.1. The number of rotatable bonds is 5. The van der Waals surface area contributed by atoms with Crippen LogP contribution in [0.4, 0.5) is 0 Å². The predicted octanol–water partition coefficient (Wildman–Crippen LogP) is 3.31. The first-order valence-corrected chi connectivity index (χ1v) is 8.07. The van der Waals surface area contributed by atoms with Gasteiger partial charge in [-0.1, -0.05) is 30.3 Å². The van der Waals surface area contributed by atoms with E-state index in [2.05, 4.69) is 71.0 Å².